The standard InChI is InChI=1S/C17H20N2O2.ClH/c1-19(2)16-9-5-14(6-10-16)12-18-11-13-3-7-15(8-4-13)17(20)21;/h3-10,18H,11-12H2,1-2H3,(H,20,21);1H. The Morgan fingerprint density at radius 2 is 1.41 bits per heavy atom. The Hall–Kier alpha value is -2.04. The highest BCUT2D eigenvalue weighted by Crippen LogP contribution is 2.12. The van der Waals surface area contributed by atoms with Crippen LogP contribution in [0.2, 0.25) is 0 Å². The highest BCUT2D eigenvalue weighted by molar-refractivity contribution is 5.87. The second kappa shape index (κ2) is 8.41. The first-order chi connectivity index (χ1) is 10.1. The van der Waals surface area contributed by atoms with Gasteiger partial charge < -0.3 is 15.3 Å². The van der Waals surface area contributed by atoms with Gasteiger partial charge in [-0.1, -0.05) is 24.3 Å². The fraction of sp³-hybridized carbons (Fsp3) is 0.235. The second-order valence-corrected chi connectivity index (χ2v) is 5.17. The Kier molecular flexibility index (Phi) is 6.89. The van der Waals surface area contributed by atoms with Crippen molar-refractivity contribution in [1.82, 2.24) is 5.32 Å². The van der Waals surface area contributed by atoms with Gasteiger partial charge in [-0.05, 0) is 35.4 Å². The summed E-state index contributed by atoms with van der Waals surface area (Å²) in [7, 11) is 4.04. The minimum absolute atomic E-state index is 0. The number of benzene rings is 2. The van der Waals surface area contributed by atoms with Crippen molar-refractivity contribution in [1.29, 1.82) is 0 Å². The number of hydrogen-bond donors (Lipinski definition) is 2. The normalized spacial score (nSPS) is 9.91. The van der Waals surface area contributed by atoms with E-state index in [2.05, 4.69) is 34.5 Å². The van der Waals surface area contributed by atoms with Crippen molar-refractivity contribution in [3.8, 4) is 0 Å². The van der Waals surface area contributed by atoms with E-state index in [1.165, 1.54) is 11.3 Å². The van der Waals surface area contributed by atoms with E-state index < -0.39 is 5.97 Å². The molecule has 118 valence electrons. The van der Waals surface area contributed by atoms with Gasteiger partial charge in [-0.3, -0.25) is 0 Å². The fourth-order valence-electron chi connectivity index (χ4n) is 2.03. The lowest BCUT2D eigenvalue weighted by molar-refractivity contribution is 0.0697. The molecule has 0 saturated carbocycles. The van der Waals surface area contributed by atoms with Gasteiger partial charge in [-0.25, -0.2) is 4.79 Å². The van der Waals surface area contributed by atoms with Crippen LogP contribution in [0.4, 0.5) is 5.69 Å². The lowest BCUT2D eigenvalue weighted by atomic mass is 10.1. The molecule has 0 aliphatic carbocycles. The van der Waals surface area contributed by atoms with Crippen molar-refractivity contribution >= 4 is 24.1 Å². The molecule has 0 bridgehead atoms. The quantitative estimate of drug-likeness (QED) is 0.858. The van der Waals surface area contributed by atoms with Crippen LogP contribution in [0.1, 0.15) is 21.5 Å². The zero-order valence-electron chi connectivity index (χ0n) is 12.7. The van der Waals surface area contributed by atoms with Crippen LogP contribution in [-0.4, -0.2) is 25.2 Å². The molecule has 4 nitrogen and oxygen atoms in total. The molecule has 0 saturated heterocycles. The SMILES string of the molecule is CN(C)c1ccc(CNCc2ccc(C(=O)O)cc2)cc1.Cl. The van der Waals surface area contributed by atoms with E-state index in [1.807, 2.05) is 26.2 Å². The number of halogens is 1. The maximum atomic E-state index is 10.8. The number of carboxylic acids is 1. The first-order valence-corrected chi connectivity index (χ1v) is 6.85. The number of carbonyl (C=O) groups is 1. The van der Waals surface area contributed by atoms with Crippen molar-refractivity contribution in [3.05, 3.63) is 65.2 Å². The Bertz CT molecular complexity index is 595. The van der Waals surface area contributed by atoms with Crippen molar-refractivity contribution < 1.29 is 9.90 Å². The first-order valence-electron chi connectivity index (χ1n) is 6.85. The molecule has 0 unspecified atom stereocenters. The van der Waals surface area contributed by atoms with Crippen LogP contribution >= 0.6 is 12.4 Å². The molecule has 0 aromatic heterocycles. The molecule has 0 heterocycles. The molecule has 2 aromatic rings. The van der Waals surface area contributed by atoms with Crippen LogP contribution in [0, 0.1) is 0 Å². The van der Waals surface area contributed by atoms with Crippen molar-refractivity contribution in [3.63, 3.8) is 0 Å². The van der Waals surface area contributed by atoms with E-state index >= 15 is 0 Å². The molecule has 0 spiro atoms. The predicted molar refractivity (Wildman–Crippen MR) is 92.0 cm³/mol. The highest BCUT2D eigenvalue weighted by atomic mass is 35.5. The topological polar surface area (TPSA) is 52.6 Å². The van der Waals surface area contributed by atoms with Gasteiger partial charge in [0.25, 0.3) is 0 Å². The number of nitrogens with one attached hydrogen (secondary N) is 1. The molecule has 2 N–H and O–H groups in total. The minimum Gasteiger partial charge on any atom is -0.478 e. The third-order valence-electron chi connectivity index (χ3n) is 3.31. The highest BCUT2D eigenvalue weighted by Gasteiger charge is 2.01. The summed E-state index contributed by atoms with van der Waals surface area (Å²) in [6, 6.07) is 15.3. The number of nitrogens with zero attached hydrogens (tertiary/aromatic N) is 1. The average molecular weight is 321 g/mol. The van der Waals surface area contributed by atoms with Gasteiger partial charge in [0.15, 0.2) is 0 Å². The smallest absolute Gasteiger partial charge is 0.335 e. The predicted octanol–water partition coefficient (Wildman–Crippen LogP) is 3.16. The molecule has 5 heteroatoms. The van der Waals surface area contributed by atoms with E-state index in [-0.39, 0.29) is 12.4 Å². The Balaban J connectivity index is 0.00000242. The lowest BCUT2D eigenvalue weighted by Crippen LogP contribution is -2.13. The molecule has 0 fully saturated rings. The molecule has 0 atom stereocenters. The summed E-state index contributed by atoms with van der Waals surface area (Å²) in [4.78, 5) is 12.8. The van der Waals surface area contributed by atoms with Crippen LogP contribution in [0.15, 0.2) is 48.5 Å². The van der Waals surface area contributed by atoms with Gasteiger partial charge in [-0.15, -0.1) is 12.4 Å². The number of anilines is 1. The van der Waals surface area contributed by atoms with Crippen LogP contribution in [0.5, 0.6) is 0 Å². The summed E-state index contributed by atoms with van der Waals surface area (Å²) in [6.45, 7) is 1.50. The summed E-state index contributed by atoms with van der Waals surface area (Å²) >= 11 is 0. The molecule has 0 radical (unpaired) electrons. The third-order valence-corrected chi connectivity index (χ3v) is 3.31. The van der Waals surface area contributed by atoms with E-state index in [0.717, 1.165) is 18.7 Å². The first kappa shape index (κ1) is 18.0. The zero-order valence-corrected chi connectivity index (χ0v) is 13.6. The second-order valence-electron chi connectivity index (χ2n) is 5.17. The summed E-state index contributed by atoms with van der Waals surface area (Å²) < 4.78 is 0. The number of hydrogen-bond acceptors (Lipinski definition) is 3. The summed E-state index contributed by atoms with van der Waals surface area (Å²) in [5.41, 5.74) is 3.80. The maximum absolute atomic E-state index is 10.8. The average Bonchev–Trinajstić information content (AvgIpc) is 2.48. The summed E-state index contributed by atoms with van der Waals surface area (Å²) in [5.74, 6) is -0.893. The van der Waals surface area contributed by atoms with Crippen LogP contribution < -0.4 is 10.2 Å². The molecular weight excluding hydrogens is 300 g/mol. The lowest BCUT2D eigenvalue weighted by Gasteiger charge is -2.13. The van der Waals surface area contributed by atoms with Gasteiger partial charge in [0.05, 0.1) is 5.56 Å². The Morgan fingerprint density at radius 1 is 0.955 bits per heavy atom. The monoisotopic (exact) mass is 320 g/mol. The van der Waals surface area contributed by atoms with Gasteiger partial charge in [0.2, 0.25) is 0 Å². The van der Waals surface area contributed by atoms with Gasteiger partial charge in [-0.2, -0.15) is 0 Å². The molecule has 0 aliphatic rings. The molecule has 22 heavy (non-hydrogen) atoms. The van der Waals surface area contributed by atoms with Gasteiger partial charge in [0.1, 0.15) is 0 Å². The van der Waals surface area contributed by atoms with E-state index in [4.69, 9.17) is 5.11 Å². The largest absolute Gasteiger partial charge is 0.478 e. The van der Waals surface area contributed by atoms with E-state index in [0.29, 0.717) is 5.56 Å². The summed E-state index contributed by atoms with van der Waals surface area (Å²) in [6.07, 6.45) is 0. The Morgan fingerprint density at radius 3 is 1.82 bits per heavy atom. The summed E-state index contributed by atoms with van der Waals surface area (Å²) in [5, 5.41) is 12.2. The number of aromatic carboxylic acids is 1. The zero-order chi connectivity index (χ0) is 15.2. The van der Waals surface area contributed by atoms with Crippen molar-refractivity contribution in [2.75, 3.05) is 19.0 Å². The van der Waals surface area contributed by atoms with Crippen LogP contribution in [0.3, 0.4) is 0 Å². The van der Waals surface area contributed by atoms with Crippen LogP contribution in [-0.2, 0) is 13.1 Å². The number of rotatable bonds is 6. The third kappa shape index (κ3) is 5.06. The van der Waals surface area contributed by atoms with Crippen molar-refractivity contribution in [2.45, 2.75) is 13.1 Å². The molecule has 2 rings (SSSR count). The minimum atomic E-state index is -0.893. The van der Waals surface area contributed by atoms with Gasteiger partial charge >= 0.3 is 5.97 Å². The van der Waals surface area contributed by atoms with Crippen LogP contribution in [0.25, 0.3) is 0 Å². The number of carboxylic acid groups (broad SMARTS) is 1. The fourth-order valence-corrected chi connectivity index (χ4v) is 2.03. The van der Waals surface area contributed by atoms with E-state index in [9.17, 15) is 4.79 Å². The van der Waals surface area contributed by atoms with Crippen molar-refractivity contribution in [2.24, 2.45) is 0 Å². The molecule has 2 aromatic carbocycles. The molecular formula is C17H21ClN2O2. The molecule has 0 amide bonds. The maximum Gasteiger partial charge on any atom is 0.335 e. The molecule has 0 aliphatic heterocycles. The van der Waals surface area contributed by atoms with Gasteiger partial charge in [0, 0.05) is 32.9 Å². The Labute approximate surface area is 137 Å². The van der Waals surface area contributed by atoms with E-state index in [1.54, 1.807) is 12.1 Å².